The third kappa shape index (κ3) is 6.87. The van der Waals surface area contributed by atoms with E-state index >= 15 is 0 Å². The fourth-order valence-electron chi connectivity index (χ4n) is 4.56. The van der Waals surface area contributed by atoms with E-state index in [0.29, 0.717) is 35.9 Å². The van der Waals surface area contributed by atoms with Crippen molar-refractivity contribution in [3.63, 3.8) is 0 Å². The van der Waals surface area contributed by atoms with Crippen LogP contribution >= 0.6 is 0 Å². The summed E-state index contributed by atoms with van der Waals surface area (Å²) in [7, 11) is 1.75. The molecule has 0 saturated carbocycles. The Hall–Kier alpha value is -4.34. The summed E-state index contributed by atoms with van der Waals surface area (Å²) in [6, 6.07) is 16.6. The maximum atomic E-state index is 13.6. The number of aliphatic carboxylic acids is 1. The van der Waals surface area contributed by atoms with E-state index in [4.69, 9.17) is 4.74 Å². The van der Waals surface area contributed by atoms with Gasteiger partial charge in [0.25, 0.3) is 0 Å². The normalized spacial score (nSPS) is 11.9. The smallest absolute Gasteiger partial charge is 0.416 e. The van der Waals surface area contributed by atoms with E-state index in [9.17, 15) is 27.5 Å². The van der Waals surface area contributed by atoms with Crippen LogP contribution in [0.2, 0.25) is 0 Å². The molecule has 216 valence electrons. The number of carboxylic acid groups (broad SMARTS) is 1. The minimum Gasteiger partial charge on any atom is -0.478 e. The lowest BCUT2D eigenvalue weighted by Crippen LogP contribution is -2.38. The first kappa shape index (κ1) is 29.6. The van der Waals surface area contributed by atoms with E-state index in [0.717, 1.165) is 34.4 Å². The van der Waals surface area contributed by atoms with Gasteiger partial charge in [0.1, 0.15) is 17.4 Å². The van der Waals surface area contributed by atoms with Crippen LogP contribution in [0.5, 0.6) is 5.75 Å². The van der Waals surface area contributed by atoms with Crippen LogP contribution in [0.15, 0.2) is 66.7 Å². The van der Waals surface area contributed by atoms with Crippen molar-refractivity contribution in [1.29, 1.82) is 0 Å². The second kappa shape index (κ2) is 11.3. The number of hydrogen-bond acceptors (Lipinski definition) is 4. The van der Waals surface area contributed by atoms with Gasteiger partial charge >= 0.3 is 12.1 Å². The third-order valence-corrected chi connectivity index (χ3v) is 6.74. The summed E-state index contributed by atoms with van der Waals surface area (Å²) in [6.07, 6.45) is -4.43. The van der Waals surface area contributed by atoms with Gasteiger partial charge in [0, 0.05) is 31.8 Å². The van der Waals surface area contributed by atoms with Crippen molar-refractivity contribution in [2.75, 3.05) is 4.90 Å². The highest BCUT2D eigenvalue weighted by Crippen LogP contribution is 2.33. The fourth-order valence-corrected chi connectivity index (χ4v) is 4.56. The van der Waals surface area contributed by atoms with Gasteiger partial charge in [0.2, 0.25) is 0 Å². The first-order valence-corrected chi connectivity index (χ1v) is 12.9. The van der Waals surface area contributed by atoms with Crippen molar-refractivity contribution >= 4 is 11.8 Å². The number of aromatic nitrogens is 2. The van der Waals surface area contributed by atoms with Crippen molar-refractivity contribution in [3.8, 4) is 17.0 Å². The zero-order valence-corrected chi connectivity index (χ0v) is 23.4. The van der Waals surface area contributed by atoms with E-state index in [1.165, 1.54) is 38.1 Å². The number of hydrogen-bond donors (Lipinski definition) is 1. The molecule has 0 amide bonds. The Balaban J connectivity index is 1.69. The summed E-state index contributed by atoms with van der Waals surface area (Å²) in [5.41, 5.74) is 2.20. The van der Waals surface area contributed by atoms with E-state index in [-0.39, 0.29) is 5.82 Å². The van der Waals surface area contributed by atoms with Crippen molar-refractivity contribution in [3.05, 3.63) is 100 Å². The van der Waals surface area contributed by atoms with E-state index < -0.39 is 23.3 Å². The Kier molecular flexibility index (Phi) is 8.15. The molecule has 0 aliphatic heterocycles. The Morgan fingerprint density at radius 3 is 2.02 bits per heavy atom. The second-order valence-electron chi connectivity index (χ2n) is 10.5. The number of nitrogens with zero attached hydrogens (tertiary/aromatic N) is 3. The summed E-state index contributed by atoms with van der Waals surface area (Å²) >= 11 is 0. The number of alkyl halides is 3. The molecule has 1 N–H and O–H groups in total. The summed E-state index contributed by atoms with van der Waals surface area (Å²) in [6.45, 7) is 7.48. The number of aryl methyl sites for hydroxylation is 3. The Morgan fingerprint density at radius 1 is 0.927 bits per heavy atom. The zero-order chi connectivity index (χ0) is 30.1. The standard InChI is InChI=1S/C31H31F4N3O3/c1-19-14-22(15-20(2)28(19)41-30(3,4)29(39)40)18-38(17-21-6-12-25(32)13-7-21)27-16-26(36-37(27)5)23-8-10-24(11-9-23)31(33,34)35/h6-16H,17-18H2,1-5H3,(H,39,40). The molecule has 10 heteroatoms. The van der Waals surface area contributed by atoms with Crippen molar-refractivity contribution < 1.29 is 32.2 Å². The molecule has 41 heavy (non-hydrogen) atoms. The topological polar surface area (TPSA) is 67.6 Å². The van der Waals surface area contributed by atoms with E-state index in [1.54, 1.807) is 29.9 Å². The second-order valence-corrected chi connectivity index (χ2v) is 10.5. The number of carbonyl (C=O) groups is 1. The minimum atomic E-state index is -4.43. The van der Waals surface area contributed by atoms with Gasteiger partial charge in [-0.05, 0) is 74.2 Å². The van der Waals surface area contributed by atoms with E-state index in [2.05, 4.69) is 5.10 Å². The highest BCUT2D eigenvalue weighted by atomic mass is 19.4. The van der Waals surface area contributed by atoms with Crippen LogP contribution in [-0.2, 0) is 31.1 Å². The Morgan fingerprint density at radius 2 is 1.49 bits per heavy atom. The lowest BCUT2D eigenvalue weighted by Gasteiger charge is -2.27. The lowest BCUT2D eigenvalue weighted by molar-refractivity contribution is -0.152. The molecule has 4 aromatic rings. The molecule has 0 fully saturated rings. The SMILES string of the molecule is Cc1cc(CN(Cc2ccc(F)cc2)c2cc(-c3ccc(C(F)(F)F)cc3)nn2C)cc(C)c1OC(C)(C)C(=O)O. The Labute approximate surface area is 235 Å². The van der Waals surface area contributed by atoms with Crippen LogP contribution in [0.3, 0.4) is 0 Å². The molecule has 1 heterocycles. The lowest BCUT2D eigenvalue weighted by atomic mass is 10.0. The molecule has 0 unspecified atom stereocenters. The van der Waals surface area contributed by atoms with E-state index in [1.807, 2.05) is 30.9 Å². The van der Waals surface area contributed by atoms with Crippen molar-refractivity contribution in [1.82, 2.24) is 9.78 Å². The van der Waals surface area contributed by atoms with Crippen LogP contribution in [0.4, 0.5) is 23.4 Å². The van der Waals surface area contributed by atoms with Crippen LogP contribution in [0.1, 0.15) is 41.7 Å². The molecule has 0 bridgehead atoms. The van der Waals surface area contributed by atoms with Crippen molar-refractivity contribution in [2.45, 2.75) is 52.6 Å². The average Bonchev–Trinajstić information content (AvgIpc) is 3.28. The molecule has 4 rings (SSSR count). The average molecular weight is 570 g/mol. The molecule has 0 aliphatic rings. The molecule has 1 aromatic heterocycles. The minimum absolute atomic E-state index is 0.350. The van der Waals surface area contributed by atoms with Crippen LogP contribution in [0.25, 0.3) is 11.3 Å². The number of halogens is 4. The molecule has 0 aliphatic carbocycles. The van der Waals surface area contributed by atoms with Crippen LogP contribution in [0, 0.1) is 19.7 Å². The number of ether oxygens (including phenoxy) is 1. The van der Waals surface area contributed by atoms with Gasteiger partial charge < -0.3 is 14.7 Å². The summed E-state index contributed by atoms with van der Waals surface area (Å²) in [5, 5.41) is 14.0. The number of carboxylic acids is 1. The quantitative estimate of drug-likeness (QED) is 0.214. The summed E-state index contributed by atoms with van der Waals surface area (Å²) < 4.78 is 60.2. The number of anilines is 1. The monoisotopic (exact) mass is 569 g/mol. The first-order valence-electron chi connectivity index (χ1n) is 12.9. The molecule has 6 nitrogen and oxygen atoms in total. The van der Waals surface area contributed by atoms with Gasteiger partial charge in [-0.25, -0.2) is 9.18 Å². The predicted octanol–water partition coefficient (Wildman–Crippen LogP) is 7.31. The van der Waals surface area contributed by atoms with Gasteiger partial charge in [0.05, 0.1) is 11.3 Å². The largest absolute Gasteiger partial charge is 0.478 e. The van der Waals surface area contributed by atoms with Crippen LogP contribution in [-0.4, -0.2) is 26.5 Å². The molecular formula is C31H31F4N3O3. The highest BCUT2D eigenvalue weighted by Gasteiger charge is 2.31. The number of benzene rings is 3. The molecule has 0 atom stereocenters. The van der Waals surface area contributed by atoms with Crippen LogP contribution < -0.4 is 9.64 Å². The van der Waals surface area contributed by atoms with Gasteiger partial charge in [-0.1, -0.05) is 36.4 Å². The molecule has 0 saturated heterocycles. The molecule has 3 aromatic carbocycles. The van der Waals surface area contributed by atoms with Gasteiger partial charge in [-0.2, -0.15) is 18.3 Å². The Bertz CT molecular complexity index is 1520. The summed E-state index contributed by atoms with van der Waals surface area (Å²) in [5.74, 6) is -0.231. The number of rotatable bonds is 9. The highest BCUT2D eigenvalue weighted by molar-refractivity contribution is 5.77. The van der Waals surface area contributed by atoms with Gasteiger partial charge in [0.15, 0.2) is 5.60 Å². The first-order chi connectivity index (χ1) is 19.1. The predicted molar refractivity (Wildman–Crippen MR) is 148 cm³/mol. The maximum absolute atomic E-state index is 13.6. The third-order valence-electron chi connectivity index (χ3n) is 6.74. The van der Waals surface area contributed by atoms with Gasteiger partial charge in [-0.3, -0.25) is 4.68 Å². The zero-order valence-electron chi connectivity index (χ0n) is 23.4. The van der Waals surface area contributed by atoms with Crippen molar-refractivity contribution in [2.24, 2.45) is 7.05 Å². The molecule has 0 spiro atoms. The maximum Gasteiger partial charge on any atom is 0.416 e. The summed E-state index contributed by atoms with van der Waals surface area (Å²) in [4.78, 5) is 13.6. The molecular weight excluding hydrogens is 538 g/mol. The fraction of sp³-hybridized carbons (Fsp3) is 0.290. The van der Waals surface area contributed by atoms with Gasteiger partial charge in [-0.15, -0.1) is 0 Å². The molecule has 0 radical (unpaired) electrons.